The molecule has 0 unspecified atom stereocenters. The van der Waals surface area contributed by atoms with E-state index in [4.69, 9.17) is 0 Å². The van der Waals surface area contributed by atoms with Crippen LogP contribution in [0.1, 0.15) is 27.0 Å². The molecular weight excluding hydrogens is 418 g/mol. The second kappa shape index (κ2) is 8.00. The lowest BCUT2D eigenvalue weighted by Gasteiger charge is -2.08. The molecule has 0 radical (unpaired) electrons. The fourth-order valence-electron chi connectivity index (χ4n) is 3.10. The fraction of sp³-hybridized carbons (Fsp3) is 0.200. The first-order valence-corrected chi connectivity index (χ1v) is 11.0. The number of anilines is 1. The standard InChI is InChI=1S/C20H18F2N2O3S2/c1-11-8-12(2)17(13(3)9-11)16-10-28-20(23-16)24-18(25)14-4-6-15(7-5-14)29(26,27)19(21)22/h4-10,19H,1-3H3,(H,23,24,25). The Morgan fingerprint density at radius 3 is 2.21 bits per heavy atom. The van der Waals surface area contributed by atoms with E-state index in [0.29, 0.717) is 5.13 Å². The minimum Gasteiger partial charge on any atom is -0.298 e. The summed E-state index contributed by atoms with van der Waals surface area (Å²) in [5, 5.41) is 4.88. The highest BCUT2D eigenvalue weighted by Crippen LogP contribution is 2.31. The topological polar surface area (TPSA) is 76.1 Å². The highest BCUT2D eigenvalue weighted by Gasteiger charge is 2.26. The summed E-state index contributed by atoms with van der Waals surface area (Å²) in [6.45, 7) is 6.03. The van der Waals surface area contributed by atoms with Gasteiger partial charge in [0.1, 0.15) is 0 Å². The number of hydrogen-bond donors (Lipinski definition) is 1. The number of halogens is 2. The van der Waals surface area contributed by atoms with Gasteiger partial charge in [0.2, 0.25) is 9.84 Å². The van der Waals surface area contributed by atoms with E-state index < -0.39 is 26.4 Å². The summed E-state index contributed by atoms with van der Waals surface area (Å²) in [7, 11) is -4.69. The molecule has 1 amide bonds. The lowest BCUT2D eigenvalue weighted by Crippen LogP contribution is -2.14. The molecule has 0 aliphatic rings. The number of carbonyl (C=O) groups is 1. The van der Waals surface area contributed by atoms with E-state index in [1.54, 1.807) is 0 Å². The molecule has 5 nitrogen and oxygen atoms in total. The van der Waals surface area contributed by atoms with Gasteiger partial charge in [-0.3, -0.25) is 10.1 Å². The number of hydrogen-bond acceptors (Lipinski definition) is 5. The van der Waals surface area contributed by atoms with Gasteiger partial charge in [0, 0.05) is 16.5 Å². The molecule has 1 aromatic heterocycles. The van der Waals surface area contributed by atoms with Crippen molar-refractivity contribution in [2.24, 2.45) is 0 Å². The summed E-state index contributed by atoms with van der Waals surface area (Å²) in [5.74, 6) is -4.02. The van der Waals surface area contributed by atoms with Gasteiger partial charge in [-0.25, -0.2) is 13.4 Å². The molecule has 0 aliphatic carbocycles. The average molecular weight is 437 g/mol. The molecule has 2 aromatic carbocycles. The normalized spacial score (nSPS) is 11.7. The van der Waals surface area contributed by atoms with E-state index in [1.165, 1.54) is 23.5 Å². The Hall–Kier alpha value is -2.65. The number of nitrogens with one attached hydrogen (secondary N) is 1. The maximum absolute atomic E-state index is 12.6. The van der Waals surface area contributed by atoms with Crippen LogP contribution in [0.2, 0.25) is 0 Å². The SMILES string of the molecule is Cc1cc(C)c(-c2csc(NC(=O)c3ccc(S(=O)(=O)C(F)F)cc3)n2)c(C)c1. The van der Waals surface area contributed by atoms with E-state index in [2.05, 4.69) is 22.4 Å². The molecule has 1 N–H and O–H groups in total. The highest BCUT2D eigenvalue weighted by molar-refractivity contribution is 7.91. The fourth-order valence-corrected chi connectivity index (χ4v) is 4.52. The molecule has 1 heterocycles. The van der Waals surface area contributed by atoms with Gasteiger partial charge in [0.25, 0.3) is 5.91 Å². The van der Waals surface area contributed by atoms with Gasteiger partial charge < -0.3 is 0 Å². The summed E-state index contributed by atoms with van der Waals surface area (Å²) in [5.41, 5.74) is 5.22. The lowest BCUT2D eigenvalue weighted by atomic mass is 9.98. The lowest BCUT2D eigenvalue weighted by molar-refractivity contribution is 0.102. The van der Waals surface area contributed by atoms with E-state index in [9.17, 15) is 22.0 Å². The molecule has 3 rings (SSSR count). The number of rotatable bonds is 5. The van der Waals surface area contributed by atoms with Gasteiger partial charge >= 0.3 is 5.76 Å². The van der Waals surface area contributed by atoms with Crippen molar-refractivity contribution in [1.82, 2.24) is 4.98 Å². The summed E-state index contributed by atoms with van der Waals surface area (Å²) in [4.78, 5) is 16.3. The Labute approximate surface area is 171 Å². The Balaban J connectivity index is 1.79. The predicted octanol–water partition coefficient (Wildman–Crippen LogP) is 4.98. The van der Waals surface area contributed by atoms with Gasteiger partial charge in [-0.05, 0) is 56.2 Å². The van der Waals surface area contributed by atoms with E-state index in [-0.39, 0.29) is 5.56 Å². The van der Waals surface area contributed by atoms with Crippen LogP contribution in [0.25, 0.3) is 11.3 Å². The monoisotopic (exact) mass is 436 g/mol. The summed E-state index contributed by atoms with van der Waals surface area (Å²) < 4.78 is 48.1. The third-order valence-electron chi connectivity index (χ3n) is 4.34. The zero-order valence-electron chi connectivity index (χ0n) is 15.9. The van der Waals surface area contributed by atoms with Crippen LogP contribution in [0.3, 0.4) is 0 Å². The smallest absolute Gasteiger partial charge is 0.298 e. The third kappa shape index (κ3) is 4.35. The first kappa shape index (κ1) is 21.1. The van der Waals surface area contributed by atoms with E-state index >= 15 is 0 Å². The Morgan fingerprint density at radius 2 is 1.66 bits per heavy atom. The van der Waals surface area contributed by atoms with Crippen LogP contribution in [-0.4, -0.2) is 25.1 Å². The number of aromatic nitrogens is 1. The second-order valence-electron chi connectivity index (χ2n) is 6.60. The number of alkyl halides is 2. The number of aryl methyl sites for hydroxylation is 3. The average Bonchev–Trinajstić information content (AvgIpc) is 3.08. The Morgan fingerprint density at radius 1 is 1.07 bits per heavy atom. The number of carbonyl (C=O) groups excluding carboxylic acids is 1. The van der Waals surface area contributed by atoms with Crippen molar-refractivity contribution in [2.75, 3.05) is 5.32 Å². The van der Waals surface area contributed by atoms with Crippen LogP contribution >= 0.6 is 11.3 Å². The molecule has 0 atom stereocenters. The maximum Gasteiger partial charge on any atom is 0.341 e. The molecule has 29 heavy (non-hydrogen) atoms. The Kier molecular flexibility index (Phi) is 5.81. The summed E-state index contributed by atoms with van der Waals surface area (Å²) in [6.07, 6.45) is 0. The molecule has 0 bridgehead atoms. The minimum atomic E-state index is -4.69. The Bertz CT molecular complexity index is 1150. The number of nitrogens with zero attached hydrogens (tertiary/aromatic N) is 1. The molecule has 0 fully saturated rings. The first-order chi connectivity index (χ1) is 13.6. The molecule has 0 saturated heterocycles. The van der Waals surface area contributed by atoms with Crippen LogP contribution in [0.15, 0.2) is 46.7 Å². The number of thiazole rings is 1. The van der Waals surface area contributed by atoms with Crippen LogP contribution < -0.4 is 5.32 Å². The number of benzene rings is 2. The zero-order valence-corrected chi connectivity index (χ0v) is 17.5. The van der Waals surface area contributed by atoms with Crippen molar-refractivity contribution in [3.05, 3.63) is 64.0 Å². The number of amides is 1. The zero-order chi connectivity index (χ0) is 21.3. The van der Waals surface area contributed by atoms with Gasteiger partial charge in [-0.1, -0.05) is 17.7 Å². The van der Waals surface area contributed by atoms with Crippen LogP contribution in [0.5, 0.6) is 0 Å². The van der Waals surface area contributed by atoms with Crippen molar-refractivity contribution in [3.63, 3.8) is 0 Å². The van der Waals surface area contributed by atoms with Crippen molar-refractivity contribution >= 4 is 32.2 Å². The molecule has 152 valence electrons. The molecule has 0 saturated carbocycles. The quantitative estimate of drug-likeness (QED) is 0.612. The first-order valence-electron chi connectivity index (χ1n) is 8.57. The maximum atomic E-state index is 12.6. The van der Waals surface area contributed by atoms with E-state index in [1.807, 2.05) is 26.2 Å². The summed E-state index contributed by atoms with van der Waals surface area (Å²) >= 11 is 1.26. The molecular formula is C20H18F2N2O3S2. The van der Waals surface area contributed by atoms with Gasteiger partial charge in [0.15, 0.2) is 5.13 Å². The van der Waals surface area contributed by atoms with Crippen LogP contribution in [0.4, 0.5) is 13.9 Å². The van der Waals surface area contributed by atoms with Crippen LogP contribution in [-0.2, 0) is 9.84 Å². The largest absolute Gasteiger partial charge is 0.341 e. The molecule has 3 aromatic rings. The molecule has 0 spiro atoms. The van der Waals surface area contributed by atoms with Crippen molar-refractivity contribution < 1.29 is 22.0 Å². The number of sulfone groups is 1. The van der Waals surface area contributed by atoms with E-state index in [0.717, 1.165) is 40.1 Å². The minimum absolute atomic E-state index is 0.137. The third-order valence-corrected chi connectivity index (χ3v) is 6.49. The van der Waals surface area contributed by atoms with Crippen molar-refractivity contribution in [2.45, 2.75) is 31.4 Å². The van der Waals surface area contributed by atoms with Crippen molar-refractivity contribution in [3.8, 4) is 11.3 Å². The van der Waals surface area contributed by atoms with Crippen LogP contribution in [0, 0.1) is 20.8 Å². The highest BCUT2D eigenvalue weighted by atomic mass is 32.2. The molecule has 9 heteroatoms. The molecule has 0 aliphatic heterocycles. The second-order valence-corrected chi connectivity index (χ2v) is 9.37. The van der Waals surface area contributed by atoms with Gasteiger partial charge in [0.05, 0.1) is 10.6 Å². The van der Waals surface area contributed by atoms with Gasteiger partial charge in [-0.15, -0.1) is 11.3 Å². The van der Waals surface area contributed by atoms with Gasteiger partial charge in [-0.2, -0.15) is 8.78 Å². The van der Waals surface area contributed by atoms with Crippen molar-refractivity contribution in [1.29, 1.82) is 0 Å². The summed E-state index contributed by atoms with van der Waals surface area (Å²) in [6, 6.07) is 8.48. The predicted molar refractivity (Wildman–Crippen MR) is 109 cm³/mol.